The predicted octanol–water partition coefficient (Wildman–Crippen LogP) is 1.55. The molecule has 3 aromatic rings. The van der Waals surface area contributed by atoms with E-state index in [0.717, 1.165) is 26.8 Å². The molecular weight excluding hydrogens is 518 g/mol. The average Bonchev–Trinajstić information content (AvgIpc) is 3.52. The van der Waals surface area contributed by atoms with Crippen molar-refractivity contribution < 1.29 is 29.2 Å². The number of ether oxygens (including phenoxy) is 3. The van der Waals surface area contributed by atoms with Crippen molar-refractivity contribution in [1.29, 1.82) is 0 Å². The van der Waals surface area contributed by atoms with E-state index < -0.39 is 47.5 Å². The molecule has 4 atom stereocenters. The predicted molar refractivity (Wildman–Crippen MR) is 143 cm³/mol. The van der Waals surface area contributed by atoms with Crippen LogP contribution in [0.4, 0.5) is 4.79 Å². The number of aliphatic hydroxyl groups excluding tert-OH is 1. The summed E-state index contributed by atoms with van der Waals surface area (Å²) < 4.78 is 18.5. The number of carbonyl (C=O) groups is 1. The highest BCUT2D eigenvalue weighted by molar-refractivity contribution is 5.79. The molecule has 2 saturated heterocycles. The summed E-state index contributed by atoms with van der Waals surface area (Å²) in [4.78, 5) is 39.0. The van der Waals surface area contributed by atoms with Crippen LogP contribution >= 0.6 is 0 Å². The minimum Gasteiger partial charge on any atom is -0.449 e. The summed E-state index contributed by atoms with van der Waals surface area (Å²) in [6.45, 7) is 1.35. The Bertz CT molecular complexity index is 1520. The molecule has 3 heterocycles. The Balaban J connectivity index is 1.07. The van der Waals surface area contributed by atoms with Crippen molar-refractivity contribution in [3.63, 3.8) is 0 Å². The SMILES string of the molecule is Cc1cn([C@@H]2O[C@@]3(CO)CO[C@@H]2[C@@]3(O)CCCNC(=O)OCC2c3ccccc3-c3ccccc32)c(=O)[nH]c1=O. The number of benzene rings is 2. The zero-order chi connectivity index (χ0) is 28.1. The summed E-state index contributed by atoms with van der Waals surface area (Å²) in [7, 11) is 0. The fraction of sp³-hybridized carbons (Fsp3) is 0.414. The second kappa shape index (κ2) is 10.0. The van der Waals surface area contributed by atoms with E-state index in [0.29, 0.717) is 12.0 Å². The number of alkyl carbamates (subject to hydrolysis) is 1. The largest absolute Gasteiger partial charge is 0.449 e. The number of aliphatic hydroxyl groups is 2. The third kappa shape index (κ3) is 4.08. The lowest BCUT2D eigenvalue weighted by molar-refractivity contribution is -0.193. The molecule has 6 rings (SSSR count). The van der Waals surface area contributed by atoms with Crippen molar-refractivity contribution in [3.8, 4) is 11.1 Å². The Hall–Kier alpha value is -3.77. The van der Waals surface area contributed by atoms with Crippen molar-refractivity contribution in [1.82, 2.24) is 14.9 Å². The highest BCUT2D eigenvalue weighted by atomic mass is 16.7. The number of rotatable bonds is 8. The number of nitrogens with one attached hydrogen (secondary N) is 2. The lowest BCUT2D eigenvalue weighted by atomic mass is 9.80. The summed E-state index contributed by atoms with van der Waals surface area (Å²) in [5.74, 6) is -0.0522. The summed E-state index contributed by atoms with van der Waals surface area (Å²) >= 11 is 0. The van der Waals surface area contributed by atoms with Gasteiger partial charge in [-0.15, -0.1) is 0 Å². The molecular formula is C29H31N3O8. The molecule has 210 valence electrons. The first kappa shape index (κ1) is 26.5. The fourth-order valence-electron chi connectivity index (χ4n) is 6.26. The molecule has 1 aromatic heterocycles. The molecule has 4 N–H and O–H groups in total. The lowest BCUT2D eigenvalue weighted by Crippen LogP contribution is -2.55. The van der Waals surface area contributed by atoms with Crippen LogP contribution in [-0.4, -0.2) is 69.5 Å². The quantitative estimate of drug-likeness (QED) is 0.309. The fourth-order valence-corrected chi connectivity index (χ4v) is 6.26. The van der Waals surface area contributed by atoms with Crippen LogP contribution in [0, 0.1) is 6.92 Å². The van der Waals surface area contributed by atoms with Gasteiger partial charge in [-0.1, -0.05) is 48.5 Å². The van der Waals surface area contributed by atoms with E-state index in [4.69, 9.17) is 14.2 Å². The summed E-state index contributed by atoms with van der Waals surface area (Å²) in [5.41, 5.74) is 0.527. The van der Waals surface area contributed by atoms with Crippen LogP contribution in [0.1, 0.15) is 41.7 Å². The number of hydrogen-bond donors (Lipinski definition) is 4. The molecule has 1 amide bonds. The standard InChI is InChI=1S/C29H31N3O8/c1-17-13-32(26(35)31-24(17)34)25-23-29(37,28(15-33,40-25)16-39-23)11-6-12-30-27(36)38-14-22-20-9-4-2-7-18(20)19-8-3-5-10-21(19)22/h2-5,7-10,13,22-23,25,33,37H,6,11-12,14-16H2,1H3,(H,30,36)(H,31,34,35)/t23-,25+,28-,29-/m0/s1. The van der Waals surface area contributed by atoms with E-state index in [1.54, 1.807) is 6.92 Å². The van der Waals surface area contributed by atoms with E-state index in [9.17, 15) is 24.6 Å². The molecule has 2 aliphatic heterocycles. The highest BCUT2D eigenvalue weighted by Gasteiger charge is 2.70. The summed E-state index contributed by atoms with van der Waals surface area (Å²) in [5, 5.41) is 24.5. The van der Waals surface area contributed by atoms with Crippen molar-refractivity contribution in [2.75, 3.05) is 26.4 Å². The number of carbonyl (C=O) groups excluding carboxylic acids is 1. The maximum atomic E-state index is 12.5. The van der Waals surface area contributed by atoms with Gasteiger partial charge in [-0.3, -0.25) is 14.3 Å². The molecule has 0 radical (unpaired) electrons. The number of aryl methyl sites for hydroxylation is 1. The maximum Gasteiger partial charge on any atom is 0.407 e. The minimum atomic E-state index is -1.63. The van der Waals surface area contributed by atoms with Gasteiger partial charge >= 0.3 is 11.8 Å². The maximum absolute atomic E-state index is 12.5. The number of fused-ring (bicyclic) bond motifs is 5. The smallest absolute Gasteiger partial charge is 0.407 e. The molecule has 2 aromatic carbocycles. The van der Waals surface area contributed by atoms with Crippen LogP contribution < -0.4 is 16.6 Å². The Kier molecular flexibility index (Phi) is 6.62. The molecule has 2 fully saturated rings. The monoisotopic (exact) mass is 549 g/mol. The number of H-pyrrole nitrogens is 1. The molecule has 11 heteroatoms. The van der Waals surface area contributed by atoms with Crippen LogP contribution in [0.5, 0.6) is 0 Å². The second-order valence-corrected chi connectivity index (χ2v) is 10.7. The molecule has 0 saturated carbocycles. The Morgan fingerprint density at radius 3 is 2.50 bits per heavy atom. The van der Waals surface area contributed by atoms with Crippen LogP contribution in [0.2, 0.25) is 0 Å². The molecule has 0 unspecified atom stereocenters. The average molecular weight is 550 g/mol. The van der Waals surface area contributed by atoms with Crippen LogP contribution in [-0.2, 0) is 14.2 Å². The van der Waals surface area contributed by atoms with Gasteiger partial charge in [0.2, 0.25) is 0 Å². The first-order chi connectivity index (χ1) is 19.3. The number of aromatic amines is 1. The van der Waals surface area contributed by atoms with E-state index in [-0.39, 0.29) is 32.1 Å². The lowest BCUT2D eigenvalue weighted by Gasteiger charge is -2.34. The Morgan fingerprint density at radius 2 is 1.82 bits per heavy atom. The van der Waals surface area contributed by atoms with E-state index in [1.165, 1.54) is 6.20 Å². The van der Waals surface area contributed by atoms with Gasteiger partial charge in [0.25, 0.3) is 5.56 Å². The van der Waals surface area contributed by atoms with E-state index in [2.05, 4.69) is 34.6 Å². The zero-order valence-corrected chi connectivity index (χ0v) is 22.0. The Morgan fingerprint density at radius 1 is 1.15 bits per heavy atom. The van der Waals surface area contributed by atoms with Crippen molar-refractivity contribution in [2.45, 2.75) is 49.2 Å². The van der Waals surface area contributed by atoms with Gasteiger partial charge in [0.15, 0.2) is 6.23 Å². The first-order valence-electron chi connectivity index (χ1n) is 13.3. The van der Waals surface area contributed by atoms with Crippen molar-refractivity contribution in [3.05, 3.63) is 92.3 Å². The second-order valence-electron chi connectivity index (χ2n) is 10.7. The van der Waals surface area contributed by atoms with E-state index in [1.807, 2.05) is 24.3 Å². The molecule has 11 nitrogen and oxygen atoms in total. The van der Waals surface area contributed by atoms with Gasteiger partial charge < -0.3 is 29.7 Å². The first-order valence-corrected chi connectivity index (χ1v) is 13.3. The number of aromatic nitrogens is 2. The van der Waals surface area contributed by atoms with Gasteiger partial charge in [-0.05, 0) is 42.0 Å². The molecule has 1 aliphatic carbocycles. The summed E-state index contributed by atoms with van der Waals surface area (Å²) in [6, 6.07) is 16.2. The Labute approximate surface area is 229 Å². The molecule has 3 aliphatic rings. The molecule has 2 bridgehead atoms. The van der Waals surface area contributed by atoms with Crippen LogP contribution in [0.25, 0.3) is 11.1 Å². The van der Waals surface area contributed by atoms with Crippen LogP contribution in [0.15, 0.2) is 64.3 Å². The van der Waals surface area contributed by atoms with Gasteiger partial charge in [0, 0.05) is 24.2 Å². The number of nitrogens with zero attached hydrogens (tertiary/aromatic N) is 1. The normalized spacial score (nSPS) is 26.5. The topological polar surface area (TPSA) is 152 Å². The number of hydrogen-bond acceptors (Lipinski definition) is 8. The van der Waals surface area contributed by atoms with Gasteiger partial charge in [-0.25, -0.2) is 9.59 Å². The highest BCUT2D eigenvalue weighted by Crippen LogP contribution is 2.53. The summed E-state index contributed by atoms with van der Waals surface area (Å²) in [6.07, 6.45) is -0.769. The molecule has 0 spiro atoms. The van der Waals surface area contributed by atoms with Crippen LogP contribution in [0.3, 0.4) is 0 Å². The van der Waals surface area contributed by atoms with Gasteiger partial charge in [0.1, 0.15) is 23.9 Å². The molecule has 40 heavy (non-hydrogen) atoms. The third-order valence-corrected chi connectivity index (χ3v) is 8.38. The van der Waals surface area contributed by atoms with Gasteiger partial charge in [0.05, 0.1) is 13.2 Å². The third-order valence-electron chi connectivity index (χ3n) is 8.38. The minimum absolute atomic E-state index is 0.0522. The number of amides is 1. The van der Waals surface area contributed by atoms with Crippen molar-refractivity contribution in [2.24, 2.45) is 0 Å². The van der Waals surface area contributed by atoms with Crippen molar-refractivity contribution >= 4 is 6.09 Å². The van der Waals surface area contributed by atoms with E-state index >= 15 is 0 Å². The zero-order valence-electron chi connectivity index (χ0n) is 22.0. The van der Waals surface area contributed by atoms with Gasteiger partial charge in [-0.2, -0.15) is 0 Å².